The normalized spacial score (nSPS) is 12.1. The van der Waals surface area contributed by atoms with E-state index in [-0.39, 0.29) is 0 Å². The Bertz CT molecular complexity index is 4100. The average molecular weight is 801 g/mol. The minimum atomic E-state index is 0.906. The molecule has 14 aromatic rings. The summed E-state index contributed by atoms with van der Waals surface area (Å²) in [5, 5.41) is 15.0. The molecule has 0 bridgehead atoms. The van der Waals surface area contributed by atoms with Crippen molar-refractivity contribution in [2.45, 2.75) is 0 Å². The van der Waals surface area contributed by atoms with Gasteiger partial charge in [-0.15, -0.1) is 0 Å². The highest BCUT2D eigenvalue weighted by molar-refractivity contribution is 6.26. The van der Waals surface area contributed by atoms with Gasteiger partial charge in [0.2, 0.25) is 0 Å². The summed E-state index contributed by atoms with van der Waals surface area (Å²) in [7, 11) is 0. The molecule has 0 saturated heterocycles. The Hall–Kier alpha value is -8.40. The molecule has 11 aromatic carbocycles. The number of anilines is 3. The topological polar surface area (TPSA) is 20.8 Å². The van der Waals surface area contributed by atoms with Crippen LogP contribution in [0.4, 0.5) is 17.1 Å². The van der Waals surface area contributed by atoms with Crippen molar-refractivity contribution < 1.29 is 4.42 Å². The van der Waals surface area contributed by atoms with Crippen LogP contribution in [0.25, 0.3) is 115 Å². The highest BCUT2D eigenvalue weighted by Crippen LogP contribution is 2.44. The first-order chi connectivity index (χ1) is 31.2. The molecule has 3 nitrogen and oxygen atoms in total. The van der Waals surface area contributed by atoms with E-state index < -0.39 is 0 Å². The Kier molecular flexibility index (Phi) is 7.11. The molecule has 0 aliphatic heterocycles. The molecule has 0 amide bonds. The molecule has 0 spiro atoms. The first-order valence-electron chi connectivity index (χ1n) is 21.7. The fraction of sp³-hybridized carbons (Fsp3) is 0. The Morgan fingerprint density at radius 2 is 0.810 bits per heavy atom. The largest absolute Gasteiger partial charge is 0.455 e. The number of fused-ring (bicyclic) bond motifs is 15. The predicted octanol–water partition coefficient (Wildman–Crippen LogP) is 17.0. The van der Waals surface area contributed by atoms with E-state index in [1.54, 1.807) is 0 Å². The summed E-state index contributed by atoms with van der Waals surface area (Å²) in [5.74, 6) is 0. The summed E-state index contributed by atoms with van der Waals surface area (Å²) in [6, 6.07) is 79.7. The number of aromatic nitrogens is 1. The molecule has 0 aliphatic rings. The number of rotatable bonds is 5. The van der Waals surface area contributed by atoms with Crippen molar-refractivity contribution in [2.75, 3.05) is 4.90 Å². The molecule has 3 aromatic heterocycles. The van der Waals surface area contributed by atoms with Crippen LogP contribution in [-0.2, 0) is 0 Å². The second-order valence-electron chi connectivity index (χ2n) is 16.8. The van der Waals surface area contributed by atoms with Crippen molar-refractivity contribution in [1.29, 1.82) is 0 Å². The molecule has 63 heavy (non-hydrogen) atoms. The van der Waals surface area contributed by atoms with Crippen molar-refractivity contribution in [3.63, 3.8) is 0 Å². The van der Waals surface area contributed by atoms with Crippen molar-refractivity contribution in [3.05, 3.63) is 218 Å². The van der Waals surface area contributed by atoms with Crippen LogP contribution in [0.2, 0.25) is 0 Å². The third-order valence-electron chi connectivity index (χ3n) is 13.5. The SMILES string of the molecule is c1ccc2c(c1)oc1c(-c3ccc(N(c4ccc(-c5ccc6c(c5)c5cccc7c8ccccc8n6c75)cc4)c4ccc5c6ccccc6c6ccccc6c5c4)cc3)cccc12. The third kappa shape index (κ3) is 4.96. The maximum Gasteiger partial charge on any atom is 0.143 e. The lowest BCUT2D eigenvalue weighted by Crippen LogP contribution is -2.10. The fourth-order valence-electron chi connectivity index (χ4n) is 10.7. The summed E-state index contributed by atoms with van der Waals surface area (Å²) in [4.78, 5) is 2.39. The smallest absolute Gasteiger partial charge is 0.143 e. The predicted molar refractivity (Wildman–Crippen MR) is 266 cm³/mol. The second kappa shape index (κ2) is 13.1. The molecule has 0 atom stereocenters. The van der Waals surface area contributed by atoms with Crippen LogP contribution in [0.1, 0.15) is 0 Å². The number of nitrogens with zero attached hydrogens (tertiary/aromatic N) is 2. The molecule has 0 unspecified atom stereocenters. The minimum Gasteiger partial charge on any atom is -0.455 e. The van der Waals surface area contributed by atoms with E-state index in [2.05, 4.69) is 216 Å². The number of hydrogen-bond donors (Lipinski definition) is 0. The van der Waals surface area contributed by atoms with Crippen LogP contribution in [0.5, 0.6) is 0 Å². The van der Waals surface area contributed by atoms with Gasteiger partial charge in [0.15, 0.2) is 0 Å². The summed E-state index contributed by atoms with van der Waals surface area (Å²) >= 11 is 0. The Labute approximate surface area is 362 Å². The van der Waals surface area contributed by atoms with Gasteiger partial charge in [0.1, 0.15) is 11.2 Å². The van der Waals surface area contributed by atoms with Crippen LogP contribution in [-0.4, -0.2) is 4.40 Å². The molecular weight excluding hydrogens is 765 g/mol. The lowest BCUT2D eigenvalue weighted by Gasteiger charge is -2.26. The highest BCUT2D eigenvalue weighted by Gasteiger charge is 2.20. The van der Waals surface area contributed by atoms with Gasteiger partial charge in [0.05, 0.1) is 16.6 Å². The Morgan fingerprint density at radius 1 is 0.302 bits per heavy atom. The molecule has 3 heteroatoms. The zero-order valence-corrected chi connectivity index (χ0v) is 34.1. The zero-order valence-electron chi connectivity index (χ0n) is 34.1. The summed E-state index contributed by atoms with van der Waals surface area (Å²) in [6.45, 7) is 0. The van der Waals surface area contributed by atoms with Gasteiger partial charge in [-0.05, 0) is 110 Å². The van der Waals surface area contributed by atoms with Crippen molar-refractivity contribution in [3.8, 4) is 22.3 Å². The first kappa shape index (κ1) is 34.3. The number of para-hydroxylation sites is 4. The summed E-state index contributed by atoms with van der Waals surface area (Å²) in [5.41, 5.74) is 13.5. The van der Waals surface area contributed by atoms with Crippen LogP contribution >= 0.6 is 0 Å². The quantitative estimate of drug-likeness (QED) is 0.162. The Morgan fingerprint density at radius 3 is 1.54 bits per heavy atom. The van der Waals surface area contributed by atoms with Crippen LogP contribution in [0.3, 0.4) is 0 Å². The molecule has 0 N–H and O–H groups in total. The van der Waals surface area contributed by atoms with Gasteiger partial charge in [-0.25, -0.2) is 0 Å². The van der Waals surface area contributed by atoms with Gasteiger partial charge in [0.25, 0.3) is 0 Å². The van der Waals surface area contributed by atoms with Crippen molar-refractivity contribution in [2.24, 2.45) is 0 Å². The molecular formula is C60H36N2O. The average Bonchev–Trinajstić information content (AvgIpc) is 4.02. The van der Waals surface area contributed by atoms with Gasteiger partial charge in [-0.3, -0.25) is 0 Å². The number of furan rings is 1. The lowest BCUT2D eigenvalue weighted by molar-refractivity contribution is 0.670. The maximum atomic E-state index is 6.47. The summed E-state index contributed by atoms with van der Waals surface area (Å²) in [6.07, 6.45) is 0. The van der Waals surface area contributed by atoms with E-state index in [0.717, 1.165) is 50.1 Å². The van der Waals surface area contributed by atoms with E-state index in [4.69, 9.17) is 4.42 Å². The maximum absolute atomic E-state index is 6.47. The van der Waals surface area contributed by atoms with Gasteiger partial charge in [-0.2, -0.15) is 0 Å². The van der Waals surface area contributed by atoms with Crippen LogP contribution < -0.4 is 4.90 Å². The first-order valence-corrected chi connectivity index (χ1v) is 21.7. The van der Waals surface area contributed by atoms with E-state index in [1.165, 1.54) is 81.5 Å². The summed E-state index contributed by atoms with van der Waals surface area (Å²) < 4.78 is 8.91. The third-order valence-corrected chi connectivity index (χ3v) is 13.5. The van der Waals surface area contributed by atoms with E-state index in [0.29, 0.717) is 0 Å². The van der Waals surface area contributed by atoms with Crippen molar-refractivity contribution in [1.82, 2.24) is 4.40 Å². The zero-order chi connectivity index (χ0) is 41.2. The monoisotopic (exact) mass is 800 g/mol. The molecule has 0 fully saturated rings. The van der Waals surface area contributed by atoms with Gasteiger partial charge < -0.3 is 13.7 Å². The van der Waals surface area contributed by atoms with Gasteiger partial charge in [-0.1, -0.05) is 158 Å². The number of hydrogen-bond acceptors (Lipinski definition) is 2. The molecule has 14 rings (SSSR count). The van der Waals surface area contributed by atoms with E-state index >= 15 is 0 Å². The van der Waals surface area contributed by atoms with Crippen molar-refractivity contribution >= 4 is 109 Å². The van der Waals surface area contributed by atoms with E-state index in [9.17, 15) is 0 Å². The second-order valence-corrected chi connectivity index (χ2v) is 16.8. The standard InChI is InChI=1S/C60H36N2O/c1-2-13-46-44(11-1)45-12-3-4-14-47(45)54-36-42(32-33-48(46)54)61(41-30-25-38(26-31-41)43-17-9-20-53-50-16-6-8-22-58(50)63-60(43)53)40-28-23-37(24-29-40)39-27-34-57-55(35-39)52-19-10-18-51-49-15-5-7-21-56(49)62(57)59(51)52/h1-36H. The Balaban J connectivity index is 0.916. The molecule has 3 heterocycles. The fourth-order valence-corrected chi connectivity index (χ4v) is 10.7. The van der Waals surface area contributed by atoms with Crippen LogP contribution in [0.15, 0.2) is 223 Å². The van der Waals surface area contributed by atoms with Crippen LogP contribution in [0, 0.1) is 0 Å². The van der Waals surface area contributed by atoms with E-state index in [1.807, 2.05) is 12.1 Å². The molecule has 0 saturated carbocycles. The minimum absolute atomic E-state index is 0.906. The van der Waals surface area contributed by atoms with Gasteiger partial charge in [0, 0.05) is 54.9 Å². The molecule has 0 aliphatic carbocycles. The van der Waals surface area contributed by atoms with Gasteiger partial charge >= 0.3 is 0 Å². The number of benzene rings is 11. The highest BCUT2D eigenvalue weighted by atomic mass is 16.3. The lowest BCUT2D eigenvalue weighted by atomic mass is 9.94. The molecule has 0 radical (unpaired) electrons. The molecule has 292 valence electrons.